The fraction of sp³-hybridized carbons (Fsp3) is 0.316. The molecule has 0 fully saturated rings. The van der Waals surface area contributed by atoms with E-state index in [1.165, 1.54) is 0 Å². The first-order chi connectivity index (χ1) is 11.1. The molecule has 0 saturated heterocycles. The molecule has 1 amide bonds. The molecule has 0 radical (unpaired) electrons. The number of carbonyl (C=O) groups is 1. The third-order valence-corrected chi connectivity index (χ3v) is 4.03. The van der Waals surface area contributed by atoms with Crippen LogP contribution in [0.1, 0.15) is 16.7 Å². The molecule has 0 N–H and O–H groups in total. The standard InChI is InChI=1S/C19H21NO3/c1-13-7-8-17-16(11-13)20(9-10-22-17)18(21)12-23-19-14(2)5-4-6-15(19)3/h4-8,11H,9-10,12H2,1-3H3. The van der Waals surface area contributed by atoms with Crippen LogP contribution in [-0.4, -0.2) is 25.7 Å². The molecule has 0 spiro atoms. The number of carbonyl (C=O) groups excluding carboxylic acids is 1. The first-order valence-electron chi connectivity index (χ1n) is 7.79. The Labute approximate surface area is 136 Å². The van der Waals surface area contributed by atoms with E-state index in [-0.39, 0.29) is 12.5 Å². The van der Waals surface area contributed by atoms with Gasteiger partial charge in [-0.2, -0.15) is 0 Å². The number of rotatable bonds is 3. The van der Waals surface area contributed by atoms with Crippen LogP contribution in [0.3, 0.4) is 0 Å². The van der Waals surface area contributed by atoms with Crippen molar-refractivity contribution in [3.05, 3.63) is 53.1 Å². The fourth-order valence-electron chi connectivity index (χ4n) is 2.83. The van der Waals surface area contributed by atoms with Crippen LogP contribution in [0.15, 0.2) is 36.4 Å². The summed E-state index contributed by atoms with van der Waals surface area (Å²) in [5.41, 5.74) is 4.00. The van der Waals surface area contributed by atoms with Gasteiger partial charge in [-0.25, -0.2) is 0 Å². The number of aryl methyl sites for hydroxylation is 3. The zero-order valence-corrected chi connectivity index (χ0v) is 13.8. The number of hydrogen-bond donors (Lipinski definition) is 0. The Bertz CT molecular complexity index is 719. The van der Waals surface area contributed by atoms with Crippen molar-refractivity contribution in [1.82, 2.24) is 0 Å². The van der Waals surface area contributed by atoms with Crippen LogP contribution in [-0.2, 0) is 4.79 Å². The molecule has 0 aliphatic carbocycles. The van der Waals surface area contributed by atoms with Gasteiger partial charge in [0, 0.05) is 0 Å². The highest BCUT2D eigenvalue weighted by Gasteiger charge is 2.24. The largest absolute Gasteiger partial charge is 0.490 e. The van der Waals surface area contributed by atoms with Crippen LogP contribution in [0.2, 0.25) is 0 Å². The van der Waals surface area contributed by atoms with Crippen molar-refractivity contribution in [3.63, 3.8) is 0 Å². The average Bonchev–Trinajstić information content (AvgIpc) is 2.53. The summed E-state index contributed by atoms with van der Waals surface area (Å²) in [5.74, 6) is 1.49. The highest BCUT2D eigenvalue weighted by Crippen LogP contribution is 2.32. The number of benzene rings is 2. The minimum absolute atomic E-state index is 0.0269. The number of amides is 1. The second-order valence-corrected chi connectivity index (χ2v) is 5.87. The van der Waals surface area contributed by atoms with Crippen molar-refractivity contribution in [2.75, 3.05) is 24.7 Å². The Morgan fingerprint density at radius 2 is 1.91 bits per heavy atom. The summed E-state index contributed by atoms with van der Waals surface area (Å²) in [4.78, 5) is 14.4. The minimum atomic E-state index is -0.0530. The maximum Gasteiger partial charge on any atom is 0.265 e. The number of hydrogen-bond acceptors (Lipinski definition) is 3. The van der Waals surface area contributed by atoms with Gasteiger partial charge >= 0.3 is 0 Å². The summed E-state index contributed by atoms with van der Waals surface area (Å²) in [6.07, 6.45) is 0. The van der Waals surface area contributed by atoms with Crippen LogP contribution >= 0.6 is 0 Å². The molecule has 4 nitrogen and oxygen atoms in total. The lowest BCUT2D eigenvalue weighted by Crippen LogP contribution is -2.40. The summed E-state index contributed by atoms with van der Waals surface area (Å²) in [6.45, 7) is 7.06. The molecule has 1 aliphatic heterocycles. The van der Waals surface area contributed by atoms with Gasteiger partial charge in [-0.1, -0.05) is 24.3 Å². The van der Waals surface area contributed by atoms with Crippen LogP contribution in [0.4, 0.5) is 5.69 Å². The van der Waals surface area contributed by atoms with E-state index in [0.717, 1.165) is 33.9 Å². The summed E-state index contributed by atoms with van der Waals surface area (Å²) in [5, 5.41) is 0. The molecule has 2 aromatic carbocycles. The van der Waals surface area contributed by atoms with Crippen LogP contribution in [0, 0.1) is 20.8 Å². The van der Waals surface area contributed by atoms with Crippen LogP contribution < -0.4 is 14.4 Å². The van der Waals surface area contributed by atoms with Gasteiger partial charge < -0.3 is 14.4 Å². The van der Waals surface area contributed by atoms with Gasteiger partial charge in [0.1, 0.15) is 18.1 Å². The Hall–Kier alpha value is -2.49. The van der Waals surface area contributed by atoms with E-state index >= 15 is 0 Å². The van der Waals surface area contributed by atoms with E-state index in [4.69, 9.17) is 9.47 Å². The Morgan fingerprint density at radius 3 is 2.65 bits per heavy atom. The Morgan fingerprint density at radius 1 is 1.17 bits per heavy atom. The van der Waals surface area contributed by atoms with Gasteiger partial charge in [-0.3, -0.25) is 4.79 Å². The second kappa shape index (κ2) is 6.32. The third-order valence-electron chi connectivity index (χ3n) is 4.03. The van der Waals surface area contributed by atoms with E-state index in [0.29, 0.717) is 13.2 Å². The maximum absolute atomic E-state index is 12.6. The van der Waals surface area contributed by atoms with Gasteiger partial charge in [-0.15, -0.1) is 0 Å². The lowest BCUT2D eigenvalue weighted by molar-refractivity contribution is -0.120. The predicted molar refractivity (Wildman–Crippen MR) is 90.4 cm³/mol. The van der Waals surface area contributed by atoms with Gasteiger partial charge in [-0.05, 0) is 49.6 Å². The molecule has 2 aromatic rings. The molecule has 0 unspecified atom stereocenters. The summed E-state index contributed by atoms with van der Waals surface area (Å²) < 4.78 is 11.4. The van der Waals surface area contributed by atoms with Crippen molar-refractivity contribution in [3.8, 4) is 11.5 Å². The number of para-hydroxylation sites is 1. The molecule has 0 bridgehead atoms. The number of fused-ring (bicyclic) bond motifs is 1. The smallest absolute Gasteiger partial charge is 0.265 e. The molecule has 1 aliphatic rings. The number of nitrogens with zero attached hydrogens (tertiary/aromatic N) is 1. The molecule has 4 heteroatoms. The molecule has 23 heavy (non-hydrogen) atoms. The highest BCUT2D eigenvalue weighted by atomic mass is 16.5. The van der Waals surface area contributed by atoms with Crippen molar-refractivity contribution < 1.29 is 14.3 Å². The van der Waals surface area contributed by atoms with E-state index in [9.17, 15) is 4.79 Å². The van der Waals surface area contributed by atoms with E-state index in [1.807, 2.05) is 57.2 Å². The van der Waals surface area contributed by atoms with E-state index < -0.39 is 0 Å². The SMILES string of the molecule is Cc1ccc2c(c1)N(C(=O)COc1c(C)cccc1C)CCO2. The fourth-order valence-corrected chi connectivity index (χ4v) is 2.83. The Balaban J connectivity index is 1.76. The molecular formula is C19H21NO3. The quantitative estimate of drug-likeness (QED) is 0.872. The third kappa shape index (κ3) is 3.16. The molecule has 1 heterocycles. The van der Waals surface area contributed by atoms with Gasteiger partial charge in [0.25, 0.3) is 5.91 Å². The molecule has 0 aromatic heterocycles. The maximum atomic E-state index is 12.6. The lowest BCUT2D eigenvalue weighted by Gasteiger charge is -2.30. The summed E-state index contributed by atoms with van der Waals surface area (Å²) in [7, 11) is 0. The Kier molecular flexibility index (Phi) is 4.24. The summed E-state index contributed by atoms with van der Waals surface area (Å²) in [6, 6.07) is 11.8. The molecule has 3 rings (SSSR count). The second-order valence-electron chi connectivity index (χ2n) is 5.87. The van der Waals surface area contributed by atoms with E-state index in [2.05, 4.69) is 0 Å². The van der Waals surface area contributed by atoms with Crippen molar-refractivity contribution >= 4 is 11.6 Å². The summed E-state index contributed by atoms with van der Waals surface area (Å²) >= 11 is 0. The van der Waals surface area contributed by atoms with Crippen LogP contribution in [0.5, 0.6) is 11.5 Å². The van der Waals surface area contributed by atoms with Crippen LogP contribution in [0.25, 0.3) is 0 Å². The zero-order valence-electron chi connectivity index (χ0n) is 13.8. The number of anilines is 1. The predicted octanol–water partition coefficient (Wildman–Crippen LogP) is 3.42. The van der Waals surface area contributed by atoms with E-state index in [1.54, 1.807) is 4.90 Å². The van der Waals surface area contributed by atoms with Gasteiger partial charge in [0.2, 0.25) is 0 Å². The first-order valence-corrected chi connectivity index (χ1v) is 7.79. The molecular weight excluding hydrogens is 290 g/mol. The zero-order chi connectivity index (χ0) is 16.4. The average molecular weight is 311 g/mol. The number of ether oxygens (including phenoxy) is 2. The van der Waals surface area contributed by atoms with Gasteiger partial charge in [0.05, 0.1) is 12.2 Å². The molecule has 0 atom stereocenters. The highest BCUT2D eigenvalue weighted by molar-refractivity contribution is 5.96. The van der Waals surface area contributed by atoms with Crippen molar-refractivity contribution in [2.45, 2.75) is 20.8 Å². The normalized spacial score (nSPS) is 13.3. The molecule has 120 valence electrons. The minimum Gasteiger partial charge on any atom is -0.490 e. The lowest BCUT2D eigenvalue weighted by atomic mass is 10.1. The van der Waals surface area contributed by atoms with Gasteiger partial charge in [0.15, 0.2) is 6.61 Å². The first kappa shape index (κ1) is 15.4. The van der Waals surface area contributed by atoms with Crippen molar-refractivity contribution in [1.29, 1.82) is 0 Å². The monoisotopic (exact) mass is 311 g/mol. The molecule has 0 saturated carbocycles. The van der Waals surface area contributed by atoms with Crippen molar-refractivity contribution in [2.24, 2.45) is 0 Å². The topological polar surface area (TPSA) is 38.8 Å².